The second-order valence-electron chi connectivity index (χ2n) is 4.79. The Morgan fingerprint density at radius 2 is 1.95 bits per heavy atom. The highest BCUT2D eigenvalue weighted by molar-refractivity contribution is 7.91. The highest BCUT2D eigenvalue weighted by Gasteiger charge is 2.29. The number of nitrogens with one attached hydrogen (secondary N) is 1. The molecular formula is C13H15NO6S. The number of phenols is 1. The number of hydrogen-bond acceptors (Lipinski definition) is 6. The summed E-state index contributed by atoms with van der Waals surface area (Å²) in [7, 11) is -3.07. The maximum Gasteiger partial charge on any atom is 0.338 e. The number of sulfone groups is 1. The van der Waals surface area contributed by atoms with Crippen LogP contribution in [0.1, 0.15) is 16.8 Å². The number of carbonyl (C=O) groups is 2. The molecule has 114 valence electrons. The summed E-state index contributed by atoms with van der Waals surface area (Å²) in [4.78, 5) is 23.2. The van der Waals surface area contributed by atoms with E-state index in [1.807, 2.05) is 0 Å². The molecule has 0 saturated carbocycles. The predicted octanol–water partition coefficient (Wildman–Crippen LogP) is -0.148. The molecule has 1 fully saturated rings. The van der Waals surface area contributed by atoms with Gasteiger partial charge in [-0.1, -0.05) is 0 Å². The summed E-state index contributed by atoms with van der Waals surface area (Å²) in [6, 6.07) is 4.99. The quantitative estimate of drug-likeness (QED) is 0.748. The van der Waals surface area contributed by atoms with Crippen LogP contribution in [0.25, 0.3) is 0 Å². The average Bonchev–Trinajstić information content (AvgIpc) is 2.76. The van der Waals surface area contributed by atoms with Crippen molar-refractivity contribution in [3.8, 4) is 5.75 Å². The average molecular weight is 313 g/mol. The van der Waals surface area contributed by atoms with Crippen LogP contribution in [0.3, 0.4) is 0 Å². The zero-order valence-electron chi connectivity index (χ0n) is 11.1. The first kappa shape index (κ1) is 15.3. The maximum atomic E-state index is 11.6. The fourth-order valence-corrected chi connectivity index (χ4v) is 3.66. The normalized spacial score (nSPS) is 19.9. The van der Waals surface area contributed by atoms with Crippen LogP contribution in [0.5, 0.6) is 5.75 Å². The van der Waals surface area contributed by atoms with Crippen molar-refractivity contribution in [3.63, 3.8) is 0 Å². The molecule has 0 radical (unpaired) electrons. The van der Waals surface area contributed by atoms with Gasteiger partial charge < -0.3 is 15.2 Å². The van der Waals surface area contributed by atoms with Gasteiger partial charge in [-0.05, 0) is 30.7 Å². The third-order valence-electron chi connectivity index (χ3n) is 3.03. The number of ether oxygens (including phenoxy) is 1. The number of phenolic OH excluding ortho intramolecular Hbond substituents is 1. The second kappa shape index (κ2) is 6.13. The Morgan fingerprint density at radius 1 is 1.29 bits per heavy atom. The van der Waals surface area contributed by atoms with Gasteiger partial charge in [0.2, 0.25) is 0 Å². The summed E-state index contributed by atoms with van der Waals surface area (Å²) in [5, 5.41) is 11.6. The Bertz CT molecular complexity index is 637. The van der Waals surface area contributed by atoms with E-state index in [-0.39, 0.29) is 22.8 Å². The third kappa shape index (κ3) is 4.45. The molecule has 0 spiro atoms. The van der Waals surface area contributed by atoms with Crippen LogP contribution >= 0.6 is 0 Å². The molecule has 7 nitrogen and oxygen atoms in total. The molecular weight excluding hydrogens is 298 g/mol. The van der Waals surface area contributed by atoms with Gasteiger partial charge in [0.1, 0.15) is 5.75 Å². The zero-order chi connectivity index (χ0) is 15.5. The van der Waals surface area contributed by atoms with E-state index in [1.165, 1.54) is 24.3 Å². The Morgan fingerprint density at radius 3 is 2.52 bits per heavy atom. The Labute approximate surface area is 121 Å². The molecule has 0 aliphatic carbocycles. The molecule has 2 rings (SSSR count). The first-order valence-electron chi connectivity index (χ1n) is 6.32. The van der Waals surface area contributed by atoms with E-state index in [0.717, 1.165) is 0 Å². The van der Waals surface area contributed by atoms with Crippen LogP contribution in [-0.2, 0) is 19.4 Å². The molecule has 1 atom stereocenters. The van der Waals surface area contributed by atoms with Crippen LogP contribution in [0.2, 0.25) is 0 Å². The van der Waals surface area contributed by atoms with Crippen molar-refractivity contribution in [1.82, 2.24) is 5.32 Å². The van der Waals surface area contributed by atoms with E-state index in [9.17, 15) is 18.0 Å². The van der Waals surface area contributed by atoms with Gasteiger partial charge in [-0.15, -0.1) is 0 Å². The van der Waals surface area contributed by atoms with E-state index in [1.54, 1.807) is 0 Å². The Balaban J connectivity index is 1.79. The van der Waals surface area contributed by atoms with Crippen LogP contribution in [0.4, 0.5) is 0 Å². The van der Waals surface area contributed by atoms with Gasteiger partial charge in [-0.2, -0.15) is 0 Å². The summed E-state index contributed by atoms with van der Waals surface area (Å²) in [6.45, 7) is -0.476. The lowest BCUT2D eigenvalue weighted by Crippen LogP contribution is -2.38. The van der Waals surface area contributed by atoms with Gasteiger partial charge in [0.15, 0.2) is 16.4 Å². The number of benzene rings is 1. The molecule has 1 saturated heterocycles. The lowest BCUT2D eigenvalue weighted by atomic mass is 10.2. The number of esters is 1. The number of aromatic hydroxyl groups is 1. The van der Waals surface area contributed by atoms with Crippen molar-refractivity contribution in [2.75, 3.05) is 18.1 Å². The standard InChI is InChI=1S/C13H15NO6S/c15-11-3-1-9(2-4-11)13(17)20-7-12(16)14-10-5-6-21(18,19)8-10/h1-4,10,15H,5-8H2,(H,14,16)/t10-/m0/s1. The molecule has 1 heterocycles. The highest BCUT2D eigenvalue weighted by Crippen LogP contribution is 2.12. The fraction of sp³-hybridized carbons (Fsp3) is 0.385. The smallest absolute Gasteiger partial charge is 0.338 e. The number of amides is 1. The fourth-order valence-electron chi connectivity index (χ4n) is 1.99. The van der Waals surface area contributed by atoms with E-state index >= 15 is 0 Å². The molecule has 1 aliphatic rings. The van der Waals surface area contributed by atoms with Crippen molar-refractivity contribution in [1.29, 1.82) is 0 Å². The number of rotatable bonds is 4. The first-order chi connectivity index (χ1) is 9.85. The van der Waals surface area contributed by atoms with E-state index < -0.39 is 34.4 Å². The molecule has 1 aliphatic heterocycles. The Hall–Kier alpha value is -2.09. The van der Waals surface area contributed by atoms with Crippen LogP contribution in [0.15, 0.2) is 24.3 Å². The Kier molecular flexibility index (Phi) is 4.46. The zero-order valence-corrected chi connectivity index (χ0v) is 11.9. The van der Waals surface area contributed by atoms with Crippen LogP contribution < -0.4 is 5.32 Å². The summed E-state index contributed by atoms with van der Waals surface area (Å²) >= 11 is 0. The third-order valence-corrected chi connectivity index (χ3v) is 4.80. The van der Waals surface area contributed by atoms with Gasteiger partial charge in [-0.3, -0.25) is 4.79 Å². The van der Waals surface area contributed by atoms with Crippen LogP contribution in [0, 0.1) is 0 Å². The topological polar surface area (TPSA) is 110 Å². The van der Waals surface area contributed by atoms with Crippen molar-refractivity contribution in [2.45, 2.75) is 12.5 Å². The molecule has 1 amide bonds. The molecule has 0 aromatic heterocycles. The molecule has 2 N–H and O–H groups in total. The molecule has 1 aromatic carbocycles. The molecule has 21 heavy (non-hydrogen) atoms. The second-order valence-corrected chi connectivity index (χ2v) is 7.02. The number of hydrogen-bond donors (Lipinski definition) is 2. The molecule has 0 unspecified atom stereocenters. The first-order valence-corrected chi connectivity index (χ1v) is 8.14. The van der Waals surface area contributed by atoms with Crippen molar-refractivity contribution in [3.05, 3.63) is 29.8 Å². The van der Waals surface area contributed by atoms with Crippen molar-refractivity contribution >= 4 is 21.7 Å². The van der Waals surface area contributed by atoms with Gasteiger partial charge in [0.05, 0.1) is 17.1 Å². The summed E-state index contributed by atoms with van der Waals surface area (Å²) in [6.07, 6.45) is 0.375. The molecule has 8 heteroatoms. The lowest BCUT2D eigenvalue weighted by molar-refractivity contribution is -0.124. The van der Waals surface area contributed by atoms with E-state index in [0.29, 0.717) is 6.42 Å². The predicted molar refractivity (Wildman–Crippen MR) is 73.6 cm³/mol. The molecule has 0 bridgehead atoms. The largest absolute Gasteiger partial charge is 0.508 e. The summed E-state index contributed by atoms with van der Waals surface area (Å²) in [5.41, 5.74) is 0.212. The van der Waals surface area contributed by atoms with Gasteiger partial charge in [-0.25, -0.2) is 13.2 Å². The monoisotopic (exact) mass is 313 g/mol. The highest BCUT2D eigenvalue weighted by atomic mass is 32.2. The van der Waals surface area contributed by atoms with E-state index in [4.69, 9.17) is 9.84 Å². The van der Waals surface area contributed by atoms with Gasteiger partial charge in [0, 0.05) is 6.04 Å². The number of carbonyl (C=O) groups excluding carboxylic acids is 2. The SMILES string of the molecule is O=C(COC(=O)c1ccc(O)cc1)N[C@H]1CCS(=O)(=O)C1. The maximum absolute atomic E-state index is 11.6. The minimum absolute atomic E-state index is 0.0201. The summed E-state index contributed by atoms with van der Waals surface area (Å²) in [5.74, 6) is -1.23. The molecule has 1 aromatic rings. The van der Waals surface area contributed by atoms with Gasteiger partial charge >= 0.3 is 5.97 Å². The van der Waals surface area contributed by atoms with E-state index in [2.05, 4.69) is 5.32 Å². The minimum Gasteiger partial charge on any atom is -0.508 e. The lowest BCUT2D eigenvalue weighted by Gasteiger charge is -2.11. The summed E-state index contributed by atoms with van der Waals surface area (Å²) < 4.78 is 27.3. The van der Waals surface area contributed by atoms with Crippen molar-refractivity contribution < 1.29 is 27.9 Å². The van der Waals surface area contributed by atoms with Crippen LogP contribution in [-0.4, -0.2) is 49.6 Å². The van der Waals surface area contributed by atoms with Crippen molar-refractivity contribution in [2.24, 2.45) is 0 Å². The van der Waals surface area contributed by atoms with Gasteiger partial charge in [0.25, 0.3) is 5.91 Å². The minimum atomic E-state index is -3.07.